The van der Waals surface area contributed by atoms with E-state index in [0.717, 1.165) is 16.3 Å². The number of amides is 2. The van der Waals surface area contributed by atoms with Crippen LogP contribution >= 0.6 is 22.7 Å². The second-order valence-corrected chi connectivity index (χ2v) is 7.63. The molecule has 0 atom stereocenters. The molecule has 0 saturated carbocycles. The van der Waals surface area contributed by atoms with Crippen LogP contribution in [0.4, 0.5) is 5.69 Å². The molecule has 0 aliphatic rings. The Labute approximate surface area is 171 Å². The Morgan fingerprint density at radius 1 is 1.21 bits per heavy atom. The molecule has 2 heterocycles. The fourth-order valence-electron chi connectivity index (χ4n) is 2.66. The topological polar surface area (TPSA) is 71.5 Å². The van der Waals surface area contributed by atoms with Gasteiger partial charge in [-0.25, -0.2) is 4.98 Å². The lowest BCUT2D eigenvalue weighted by atomic mass is 10.2. The summed E-state index contributed by atoms with van der Waals surface area (Å²) < 4.78 is 5.24. The van der Waals surface area contributed by atoms with Crippen molar-refractivity contribution >= 4 is 40.2 Å². The van der Waals surface area contributed by atoms with E-state index in [9.17, 15) is 9.59 Å². The summed E-state index contributed by atoms with van der Waals surface area (Å²) in [7, 11) is 1.55. The number of benzene rings is 1. The molecule has 0 aliphatic carbocycles. The summed E-state index contributed by atoms with van der Waals surface area (Å²) in [5.41, 5.74) is 2.37. The number of thiazole rings is 1. The number of para-hydroxylation sites is 2. The Morgan fingerprint density at radius 3 is 2.75 bits per heavy atom. The lowest BCUT2D eigenvalue weighted by Gasteiger charge is -2.20. The van der Waals surface area contributed by atoms with Crippen LogP contribution in [0.15, 0.2) is 46.5 Å². The quantitative estimate of drug-likeness (QED) is 0.605. The van der Waals surface area contributed by atoms with Crippen LogP contribution in [0.2, 0.25) is 0 Å². The number of carbonyl (C=O) groups is 2. The third kappa shape index (κ3) is 4.96. The maximum absolute atomic E-state index is 12.6. The average Bonchev–Trinajstić information content (AvgIpc) is 3.38. The number of hydrogen-bond acceptors (Lipinski definition) is 6. The van der Waals surface area contributed by atoms with Gasteiger partial charge in [0.05, 0.1) is 31.5 Å². The molecule has 0 unspecified atom stereocenters. The van der Waals surface area contributed by atoms with Gasteiger partial charge in [-0.05, 0) is 30.5 Å². The van der Waals surface area contributed by atoms with Crippen molar-refractivity contribution in [1.29, 1.82) is 0 Å². The maximum atomic E-state index is 12.6. The molecule has 0 spiro atoms. The number of carbonyl (C=O) groups excluding carboxylic acids is 2. The van der Waals surface area contributed by atoms with Crippen LogP contribution in [-0.4, -0.2) is 41.9 Å². The zero-order chi connectivity index (χ0) is 19.9. The highest BCUT2D eigenvalue weighted by atomic mass is 32.1. The number of anilines is 1. The highest BCUT2D eigenvalue weighted by Gasteiger charge is 2.18. The fourth-order valence-corrected chi connectivity index (χ4v) is 4.19. The van der Waals surface area contributed by atoms with Gasteiger partial charge in [0.2, 0.25) is 11.8 Å². The summed E-state index contributed by atoms with van der Waals surface area (Å²) >= 11 is 3.13. The van der Waals surface area contributed by atoms with Crippen molar-refractivity contribution in [3.63, 3.8) is 0 Å². The summed E-state index contributed by atoms with van der Waals surface area (Å²) in [5, 5.41) is 9.63. The summed E-state index contributed by atoms with van der Waals surface area (Å²) in [6, 6.07) is 9.18. The van der Waals surface area contributed by atoms with Crippen LogP contribution in [0.3, 0.4) is 0 Å². The first kappa shape index (κ1) is 20.0. The third-order valence-electron chi connectivity index (χ3n) is 4.10. The van der Waals surface area contributed by atoms with E-state index >= 15 is 0 Å². The molecule has 0 saturated heterocycles. The first-order valence-corrected chi connectivity index (χ1v) is 10.6. The Bertz CT molecular complexity index is 938. The summed E-state index contributed by atoms with van der Waals surface area (Å²) in [6.45, 7) is 2.28. The van der Waals surface area contributed by atoms with Gasteiger partial charge < -0.3 is 15.0 Å². The first-order chi connectivity index (χ1) is 13.6. The standard InChI is InChI=1S/C20H21N3O3S2/c1-3-23(11-18(24)22-16-6-4-5-7-17(16)26-2)19(25)10-15-13-28-20(21-15)14-8-9-27-12-14/h4-9,12-13H,3,10-11H2,1-2H3,(H,22,24). The van der Waals surface area contributed by atoms with Crippen LogP contribution in [0.25, 0.3) is 10.6 Å². The van der Waals surface area contributed by atoms with Gasteiger partial charge in [0, 0.05) is 22.9 Å². The number of methoxy groups -OCH3 is 1. The molecular weight excluding hydrogens is 394 g/mol. The molecule has 2 amide bonds. The van der Waals surface area contributed by atoms with Gasteiger partial charge in [-0.1, -0.05) is 12.1 Å². The average molecular weight is 416 g/mol. The van der Waals surface area contributed by atoms with Crippen LogP contribution in [0.5, 0.6) is 5.75 Å². The molecule has 8 heteroatoms. The molecule has 1 N–H and O–H groups in total. The molecule has 0 bridgehead atoms. The fraction of sp³-hybridized carbons (Fsp3) is 0.250. The first-order valence-electron chi connectivity index (χ1n) is 8.78. The summed E-state index contributed by atoms with van der Waals surface area (Å²) in [6.07, 6.45) is 0.177. The molecule has 2 aromatic heterocycles. The number of aromatic nitrogens is 1. The zero-order valence-corrected chi connectivity index (χ0v) is 17.3. The molecular formula is C20H21N3O3S2. The van der Waals surface area contributed by atoms with Crippen molar-refractivity contribution in [1.82, 2.24) is 9.88 Å². The minimum atomic E-state index is -0.267. The minimum Gasteiger partial charge on any atom is -0.495 e. The second-order valence-electron chi connectivity index (χ2n) is 5.99. The van der Waals surface area contributed by atoms with E-state index in [0.29, 0.717) is 18.0 Å². The van der Waals surface area contributed by atoms with Crippen LogP contribution in [-0.2, 0) is 16.0 Å². The van der Waals surface area contributed by atoms with Crippen LogP contribution in [0.1, 0.15) is 12.6 Å². The van der Waals surface area contributed by atoms with E-state index < -0.39 is 0 Å². The molecule has 6 nitrogen and oxygen atoms in total. The lowest BCUT2D eigenvalue weighted by molar-refractivity contribution is -0.133. The van der Waals surface area contributed by atoms with E-state index in [4.69, 9.17) is 4.74 Å². The largest absolute Gasteiger partial charge is 0.495 e. The number of likely N-dealkylation sites (N-methyl/N-ethyl adjacent to an activating group) is 1. The van der Waals surface area contributed by atoms with Crippen molar-refractivity contribution < 1.29 is 14.3 Å². The van der Waals surface area contributed by atoms with Crippen molar-refractivity contribution in [2.45, 2.75) is 13.3 Å². The Hall–Kier alpha value is -2.71. The molecule has 0 aliphatic heterocycles. The predicted molar refractivity (Wildman–Crippen MR) is 113 cm³/mol. The van der Waals surface area contributed by atoms with E-state index in [1.807, 2.05) is 41.3 Å². The second kappa shape index (κ2) is 9.48. The number of nitrogens with zero attached hydrogens (tertiary/aromatic N) is 2. The number of thiophene rings is 1. The number of nitrogens with one attached hydrogen (secondary N) is 1. The van der Waals surface area contributed by atoms with Crippen molar-refractivity contribution in [2.75, 3.05) is 25.5 Å². The molecule has 3 rings (SSSR count). The van der Waals surface area contributed by atoms with E-state index in [2.05, 4.69) is 10.3 Å². The Morgan fingerprint density at radius 2 is 2.04 bits per heavy atom. The van der Waals surface area contributed by atoms with E-state index in [1.165, 1.54) is 16.2 Å². The highest BCUT2D eigenvalue weighted by molar-refractivity contribution is 7.14. The zero-order valence-electron chi connectivity index (χ0n) is 15.7. The SMILES string of the molecule is CCN(CC(=O)Nc1ccccc1OC)C(=O)Cc1csc(-c2ccsc2)n1. The van der Waals surface area contributed by atoms with Crippen LogP contribution < -0.4 is 10.1 Å². The normalized spacial score (nSPS) is 10.5. The van der Waals surface area contributed by atoms with Crippen LogP contribution in [0, 0.1) is 0 Å². The van der Waals surface area contributed by atoms with E-state index in [1.54, 1.807) is 30.6 Å². The third-order valence-corrected chi connectivity index (χ3v) is 5.73. The van der Waals surface area contributed by atoms with Gasteiger partial charge in [0.15, 0.2) is 0 Å². The van der Waals surface area contributed by atoms with Gasteiger partial charge in [-0.15, -0.1) is 11.3 Å². The molecule has 28 heavy (non-hydrogen) atoms. The molecule has 1 aromatic carbocycles. The Balaban J connectivity index is 1.59. The molecule has 3 aromatic rings. The van der Waals surface area contributed by atoms with Crippen molar-refractivity contribution in [3.05, 3.63) is 52.2 Å². The minimum absolute atomic E-state index is 0.0189. The Kier molecular flexibility index (Phi) is 6.78. The smallest absolute Gasteiger partial charge is 0.244 e. The van der Waals surface area contributed by atoms with Crippen molar-refractivity contribution in [3.8, 4) is 16.3 Å². The number of rotatable bonds is 8. The van der Waals surface area contributed by atoms with Gasteiger partial charge in [-0.3, -0.25) is 9.59 Å². The van der Waals surface area contributed by atoms with Gasteiger partial charge in [0.1, 0.15) is 10.8 Å². The lowest BCUT2D eigenvalue weighted by Crippen LogP contribution is -2.38. The molecule has 0 radical (unpaired) electrons. The van der Waals surface area contributed by atoms with Gasteiger partial charge in [-0.2, -0.15) is 11.3 Å². The predicted octanol–water partition coefficient (Wildman–Crippen LogP) is 3.91. The highest BCUT2D eigenvalue weighted by Crippen LogP contribution is 2.26. The summed E-state index contributed by atoms with van der Waals surface area (Å²) in [4.78, 5) is 31.1. The summed E-state index contributed by atoms with van der Waals surface area (Å²) in [5.74, 6) is 0.186. The maximum Gasteiger partial charge on any atom is 0.244 e. The van der Waals surface area contributed by atoms with E-state index in [-0.39, 0.29) is 24.8 Å². The number of ether oxygens (including phenoxy) is 1. The molecule has 146 valence electrons. The van der Waals surface area contributed by atoms with Gasteiger partial charge in [0.25, 0.3) is 0 Å². The molecule has 0 fully saturated rings. The monoisotopic (exact) mass is 415 g/mol. The number of hydrogen-bond donors (Lipinski definition) is 1. The van der Waals surface area contributed by atoms with Gasteiger partial charge >= 0.3 is 0 Å². The van der Waals surface area contributed by atoms with Crippen molar-refractivity contribution in [2.24, 2.45) is 0 Å².